The second kappa shape index (κ2) is 6.81. The summed E-state index contributed by atoms with van der Waals surface area (Å²) in [5.74, 6) is 0. The molecule has 1 rings (SSSR count). The number of rotatable bonds is 1. The van der Waals surface area contributed by atoms with Gasteiger partial charge in [0, 0.05) is 4.88 Å². The molecule has 0 aliphatic heterocycles. The first-order chi connectivity index (χ1) is 7.22. The standard InChI is InChI=1S/C6H9BrNPS.C5H10Si/c1-3-4(2)10-6(7)5(3)8-9;1-5-6(2,3)4/h8H,9H2,1-2H3;1H,2-4H3. The lowest BCUT2D eigenvalue weighted by Gasteiger charge is -2.00. The molecule has 0 amide bonds. The van der Waals surface area contributed by atoms with Gasteiger partial charge in [-0.2, -0.15) is 0 Å². The van der Waals surface area contributed by atoms with Gasteiger partial charge in [-0.15, -0.1) is 23.3 Å². The van der Waals surface area contributed by atoms with E-state index >= 15 is 0 Å². The van der Waals surface area contributed by atoms with Crippen molar-refractivity contribution in [3.05, 3.63) is 14.2 Å². The van der Waals surface area contributed by atoms with Crippen LogP contribution in [0.3, 0.4) is 0 Å². The van der Waals surface area contributed by atoms with E-state index in [0.717, 1.165) is 0 Å². The minimum absolute atomic E-state index is 1.10. The number of halogens is 1. The highest BCUT2D eigenvalue weighted by Crippen LogP contribution is 2.37. The molecule has 0 aromatic carbocycles. The topological polar surface area (TPSA) is 12.0 Å². The predicted molar refractivity (Wildman–Crippen MR) is 87.0 cm³/mol. The second-order valence-corrected chi connectivity index (χ2v) is 12.1. The molecule has 90 valence electrons. The molecule has 0 saturated carbocycles. The molecule has 0 aliphatic carbocycles. The Bertz CT molecular complexity index is 390. The van der Waals surface area contributed by atoms with Crippen molar-refractivity contribution in [3.63, 3.8) is 0 Å². The molecule has 0 saturated heterocycles. The van der Waals surface area contributed by atoms with E-state index in [1.165, 1.54) is 19.9 Å². The lowest BCUT2D eigenvalue weighted by molar-refractivity contribution is 1.44. The Morgan fingerprint density at radius 3 is 1.94 bits per heavy atom. The maximum absolute atomic E-state index is 5.12. The van der Waals surface area contributed by atoms with Crippen molar-refractivity contribution in [2.45, 2.75) is 33.5 Å². The third-order valence-corrected chi connectivity index (χ3v) is 4.95. The van der Waals surface area contributed by atoms with Crippen LogP contribution in [-0.4, -0.2) is 8.07 Å². The third-order valence-electron chi connectivity index (χ3n) is 1.92. The first-order valence-electron chi connectivity index (χ1n) is 4.92. The summed E-state index contributed by atoms with van der Waals surface area (Å²) in [5.41, 5.74) is 5.26. The molecule has 16 heavy (non-hydrogen) atoms. The third kappa shape index (κ3) is 5.50. The monoisotopic (exact) mass is 335 g/mol. The molecule has 0 radical (unpaired) electrons. The number of hydrogen-bond donors (Lipinski definition) is 1. The number of nitrogens with one attached hydrogen (secondary N) is 1. The van der Waals surface area contributed by atoms with E-state index in [1.54, 1.807) is 11.3 Å². The first-order valence-corrected chi connectivity index (χ1v) is 10.6. The van der Waals surface area contributed by atoms with E-state index < -0.39 is 8.07 Å². The van der Waals surface area contributed by atoms with Gasteiger partial charge < -0.3 is 5.09 Å². The van der Waals surface area contributed by atoms with Crippen molar-refractivity contribution >= 4 is 50.4 Å². The summed E-state index contributed by atoms with van der Waals surface area (Å²) in [5, 5.41) is 3.06. The van der Waals surface area contributed by atoms with Crippen LogP contribution in [0.5, 0.6) is 0 Å². The van der Waals surface area contributed by atoms with Gasteiger partial charge >= 0.3 is 0 Å². The highest BCUT2D eigenvalue weighted by atomic mass is 79.9. The second-order valence-electron chi connectivity index (χ2n) is 4.47. The maximum atomic E-state index is 5.12. The van der Waals surface area contributed by atoms with Gasteiger partial charge in [0.1, 0.15) is 8.07 Å². The van der Waals surface area contributed by atoms with E-state index in [-0.39, 0.29) is 0 Å². The fourth-order valence-corrected chi connectivity index (χ4v) is 3.41. The average Bonchev–Trinajstić information content (AvgIpc) is 2.41. The van der Waals surface area contributed by atoms with Gasteiger partial charge in [-0.25, -0.2) is 0 Å². The molecular formula is C11H19BrNPSSi. The van der Waals surface area contributed by atoms with Crippen molar-refractivity contribution in [2.24, 2.45) is 0 Å². The molecule has 1 heterocycles. The summed E-state index contributed by atoms with van der Waals surface area (Å²) in [4.78, 5) is 1.36. The smallest absolute Gasteiger partial charge is 0.128 e. The Morgan fingerprint density at radius 2 is 1.81 bits per heavy atom. The van der Waals surface area contributed by atoms with Gasteiger partial charge in [0.2, 0.25) is 0 Å². The number of anilines is 1. The van der Waals surface area contributed by atoms with E-state index in [1.807, 2.05) is 0 Å². The Morgan fingerprint density at radius 1 is 1.38 bits per heavy atom. The number of aryl methyl sites for hydroxylation is 1. The van der Waals surface area contributed by atoms with Crippen LogP contribution in [0.2, 0.25) is 19.6 Å². The number of thiophene rings is 1. The van der Waals surface area contributed by atoms with Crippen molar-refractivity contribution in [1.29, 1.82) is 0 Å². The Hall–Kier alpha value is 0.187. The molecule has 1 N–H and O–H groups in total. The van der Waals surface area contributed by atoms with Gasteiger partial charge in [0.25, 0.3) is 0 Å². The van der Waals surface area contributed by atoms with Crippen LogP contribution in [0.25, 0.3) is 0 Å². The molecule has 1 aromatic rings. The van der Waals surface area contributed by atoms with Crippen molar-refractivity contribution in [3.8, 4) is 12.0 Å². The van der Waals surface area contributed by atoms with Gasteiger partial charge in [-0.1, -0.05) is 19.6 Å². The van der Waals surface area contributed by atoms with Crippen molar-refractivity contribution < 1.29 is 0 Å². The van der Waals surface area contributed by atoms with Crippen LogP contribution in [0.15, 0.2) is 3.79 Å². The lowest BCUT2D eigenvalue weighted by atomic mass is 10.3. The van der Waals surface area contributed by atoms with Crippen LogP contribution >= 0.6 is 36.7 Å². The number of hydrogen-bond acceptors (Lipinski definition) is 2. The lowest BCUT2D eigenvalue weighted by Crippen LogP contribution is -2.15. The van der Waals surface area contributed by atoms with E-state index in [2.05, 4.69) is 69.4 Å². The molecule has 1 nitrogen and oxygen atoms in total. The molecule has 0 spiro atoms. The fourth-order valence-electron chi connectivity index (χ4n) is 0.750. The molecule has 0 aliphatic rings. The van der Waals surface area contributed by atoms with Crippen LogP contribution in [0.4, 0.5) is 5.69 Å². The predicted octanol–water partition coefficient (Wildman–Crippen LogP) is 4.83. The zero-order valence-electron chi connectivity index (χ0n) is 10.4. The van der Waals surface area contributed by atoms with E-state index in [0.29, 0.717) is 0 Å². The zero-order valence-corrected chi connectivity index (χ0v) is 15.0. The van der Waals surface area contributed by atoms with Crippen LogP contribution in [-0.2, 0) is 0 Å². The van der Waals surface area contributed by atoms with Gasteiger partial charge in [-0.3, -0.25) is 0 Å². The summed E-state index contributed by atoms with van der Waals surface area (Å²) in [6.45, 7) is 10.7. The van der Waals surface area contributed by atoms with E-state index in [9.17, 15) is 0 Å². The molecule has 5 heteroatoms. The van der Waals surface area contributed by atoms with Crippen molar-refractivity contribution in [1.82, 2.24) is 0 Å². The zero-order chi connectivity index (χ0) is 12.9. The summed E-state index contributed by atoms with van der Waals surface area (Å²) in [6, 6.07) is 0. The fraction of sp³-hybridized carbons (Fsp3) is 0.455. The summed E-state index contributed by atoms with van der Waals surface area (Å²) >= 11 is 5.23. The molecule has 1 aromatic heterocycles. The summed E-state index contributed by atoms with van der Waals surface area (Å²) < 4.78 is 1.18. The minimum atomic E-state index is -1.10. The maximum Gasteiger partial charge on any atom is 0.128 e. The number of terminal acetylenes is 1. The summed E-state index contributed by atoms with van der Waals surface area (Å²) in [6.07, 6.45) is 5.12. The average molecular weight is 336 g/mol. The largest absolute Gasteiger partial charge is 0.368 e. The van der Waals surface area contributed by atoms with Gasteiger partial charge in [0.15, 0.2) is 0 Å². The van der Waals surface area contributed by atoms with Crippen LogP contribution in [0.1, 0.15) is 10.4 Å². The molecule has 0 bridgehead atoms. The highest BCUT2D eigenvalue weighted by molar-refractivity contribution is 9.11. The van der Waals surface area contributed by atoms with Gasteiger partial charge in [-0.05, 0) is 44.7 Å². The quantitative estimate of drug-likeness (QED) is 0.440. The van der Waals surface area contributed by atoms with Gasteiger partial charge in [0.05, 0.1) is 9.47 Å². The van der Waals surface area contributed by atoms with Crippen LogP contribution < -0.4 is 5.09 Å². The Labute approximate surface area is 115 Å². The molecule has 0 fully saturated rings. The Balaban J connectivity index is 0.000000325. The normalized spacial score (nSPS) is 10.1. The molecule has 1 atom stereocenters. The SMILES string of the molecule is C#C[Si](C)(C)C.Cc1sc(Br)c(NP)c1C. The van der Waals surface area contributed by atoms with Crippen LogP contribution in [0, 0.1) is 25.8 Å². The molecule has 1 unspecified atom stereocenters. The highest BCUT2D eigenvalue weighted by Gasteiger charge is 2.07. The van der Waals surface area contributed by atoms with Crippen molar-refractivity contribution in [2.75, 3.05) is 5.09 Å². The Kier molecular flexibility index (Phi) is 6.89. The first kappa shape index (κ1) is 16.2. The minimum Gasteiger partial charge on any atom is -0.368 e. The molecular weight excluding hydrogens is 317 g/mol. The van der Waals surface area contributed by atoms with E-state index in [4.69, 9.17) is 6.42 Å². The summed E-state index contributed by atoms with van der Waals surface area (Å²) in [7, 11) is 1.40.